The van der Waals surface area contributed by atoms with E-state index in [0.29, 0.717) is 10.9 Å². The molecule has 1 aliphatic rings. The van der Waals surface area contributed by atoms with E-state index in [-0.39, 0.29) is 16.9 Å². The molecule has 1 saturated heterocycles. The molecular weight excluding hydrogens is 332 g/mol. The normalized spacial score (nSPS) is 16.5. The second kappa shape index (κ2) is 5.60. The monoisotopic (exact) mass is 344 g/mol. The van der Waals surface area contributed by atoms with Crippen LogP contribution in [-0.2, 0) is 16.0 Å². The Morgan fingerprint density at radius 3 is 2.40 bits per heavy atom. The van der Waals surface area contributed by atoms with E-state index in [1.54, 1.807) is 13.0 Å². The minimum Gasteiger partial charge on any atom is -0.371 e. The largest absolute Gasteiger partial charge is 0.371 e. The van der Waals surface area contributed by atoms with Crippen LogP contribution < -0.4 is 10.6 Å². The Morgan fingerprint density at radius 2 is 1.80 bits per heavy atom. The van der Waals surface area contributed by atoms with Gasteiger partial charge in [0.2, 0.25) is 5.60 Å². The van der Waals surface area contributed by atoms with Crippen molar-refractivity contribution in [2.75, 3.05) is 0 Å². The van der Waals surface area contributed by atoms with Crippen molar-refractivity contribution in [3.63, 3.8) is 0 Å². The lowest BCUT2D eigenvalue weighted by atomic mass is 9.93. The summed E-state index contributed by atoms with van der Waals surface area (Å²) in [5, 5.41) is 25.4. The third-order valence-corrected chi connectivity index (χ3v) is 3.93. The maximum absolute atomic E-state index is 11.8. The first-order chi connectivity index (χ1) is 11.7. The highest BCUT2D eigenvalue weighted by atomic mass is 16.6. The van der Waals surface area contributed by atoms with Crippen LogP contribution in [0.15, 0.2) is 24.3 Å². The van der Waals surface area contributed by atoms with Crippen molar-refractivity contribution in [3.8, 4) is 0 Å². The van der Waals surface area contributed by atoms with Gasteiger partial charge < -0.3 is 5.11 Å². The van der Waals surface area contributed by atoms with Gasteiger partial charge in [-0.1, -0.05) is 6.07 Å². The molecule has 1 aliphatic heterocycles. The summed E-state index contributed by atoms with van der Waals surface area (Å²) in [4.78, 5) is 49.6. The number of aryl methyl sites for hydroxylation is 1. The first-order valence-electron chi connectivity index (χ1n) is 7.15. The summed E-state index contributed by atoms with van der Waals surface area (Å²) in [6.07, 6.45) is -0.491. The fourth-order valence-electron chi connectivity index (χ4n) is 2.65. The number of nitrogens with one attached hydrogen (secondary N) is 2. The molecule has 128 valence electrons. The fourth-order valence-corrected chi connectivity index (χ4v) is 2.65. The Labute approximate surface area is 140 Å². The number of carbonyl (C=O) groups is 3. The highest BCUT2D eigenvalue weighted by Crippen LogP contribution is 2.29. The standard InChI is InChI=1S/C15H12N4O6/c1-7-2-5-10-9(11(7)19(24)25)4-3-8(16-10)6-15(23)12(20)17-14(22)18-13(15)21/h2-5,23H,6H2,1H3,(H2,17,18,20,21,22). The highest BCUT2D eigenvalue weighted by Gasteiger charge is 2.49. The van der Waals surface area contributed by atoms with Crippen molar-refractivity contribution in [1.29, 1.82) is 0 Å². The average Bonchev–Trinajstić information content (AvgIpc) is 2.52. The van der Waals surface area contributed by atoms with Gasteiger partial charge in [-0.25, -0.2) is 4.79 Å². The lowest BCUT2D eigenvalue weighted by molar-refractivity contribution is -0.383. The smallest absolute Gasteiger partial charge is 0.328 e. The molecule has 1 aromatic carbocycles. The number of nitro benzene ring substituents is 1. The van der Waals surface area contributed by atoms with Crippen LogP contribution in [0.3, 0.4) is 0 Å². The van der Waals surface area contributed by atoms with E-state index in [1.807, 2.05) is 10.6 Å². The number of aromatic nitrogens is 1. The number of benzene rings is 1. The summed E-state index contributed by atoms with van der Waals surface area (Å²) in [6, 6.07) is 4.90. The van der Waals surface area contributed by atoms with Crippen LogP contribution >= 0.6 is 0 Å². The Hall–Kier alpha value is -3.40. The summed E-state index contributed by atoms with van der Waals surface area (Å²) in [6.45, 7) is 1.60. The first kappa shape index (κ1) is 16.5. The molecule has 0 spiro atoms. The van der Waals surface area contributed by atoms with Crippen LogP contribution in [0.4, 0.5) is 10.5 Å². The molecule has 4 amide bonds. The summed E-state index contributed by atoms with van der Waals surface area (Å²) < 4.78 is 0. The molecule has 0 atom stereocenters. The Bertz CT molecular complexity index is 934. The fraction of sp³-hybridized carbons (Fsp3) is 0.200. The maximum Gasteiger partial charge on any atom is 0.328 e. The van der Waals surface area contributed by atoms with E-state index < -0.39 is 34.8 Å². The number of urea groups is 1. The summed E-state index contributed by atoms with van der Waals surface area (Å²) in [5.74, 6) is -2.31. The number of fused-ring (bicyclic) bond motifs is 1. The number of barbiturate groups is 1. The van der Waals surface area contributed by atoms with E-state index in [1.165, 1.54) is 18.2 Å². The van der Waals surface area contributed by atoms with Crippen molar-refractivity contribution in [2.45, 2.75) is 18.9 Å². The predicted octanol–water partition coefficient (Wildman–Crippen LogP) is 0.0910. The highest BCUT2D eigenvalue weighted by molar-refractivity contribution is 6.21. The quantitative estimate of drug-likeness (QED) is 0.405. The van der Waals surface area contributed by atoms with E-state index in [4.69, 9.17) is 0 Å². The number of imide groups is 2. The molecule has 1 fully saturated rings. The van der Waals surface area contributed by atoms with Crippen LogP contribution in [-0.4, -0.2) is 38.5 Å². The summed E-state index contributed by atoms with van der Waals surface area (Å²) >= 11 is 0. The molecule has 2 aromatic rings. The number of hydrogen-bond donors (Lipinski definition) is 3. The molecule has 3 rings (SSSR count). The number of pyridine rings is 1. The summed E-state index contributed by atoms with van der Waals surface area (Å²) in [5.41, 5.74) is -1.67. The zero-order chi connectivity index (χ0) is 18.4. The minimum absolute atomic E-state index is 0.0889. The zero-order valence-electron chi connectivity index (χ0n) is 12.9. The van der Waals surface area contributed by atoms with Gasteiger partial charge in [0.25, 0.3) is 17.5 Å². The van der Waals surface area contributed by atoms with Gasteiger partial charge in [0.05, 0.1) is 15.8 Å². The van der Waals surface area contributed by atoms with Crippen LogP contribution in [0.5, 0.6) is 0 Å². The van der Waals surface area contributed by atoms with Gasteiger partial charge in [0.15, 0.2) is 0 Å². The first-order valence-corrected chi connectivity index (χ1v) is 7.15. The topological polar surface area (TPSA) is 152 Å². The van der Waals surface area contributed by atoms with Crippen LogP contribution in [0.2, 0.25) is 0 Å². The summed E-state index contributed by atoms with van der Waals surface area (Å²) in [7, 11) is 0. The minimum atomic E-state index is -2.49. The molecule has 0 saturated carbocycles. The molecule has 10 nitrogen and oxygen atoms in total. The molecule has 0 unspecified atom stereocenters. The Morgan fingerprint density at radius 1 is 1.16 bits per heavy atom. The molecule has 2 heterocycles. The molecule has 10 heteroatoms. The third-order valence-electron chi connectivity index (χ3n) is 3.93. The van der Waals surface area contributed by atoms with Crippen molar-refractivity contribution < 1.29 is 24.4 Å². The van der Waals surface area contributed by atoms with Gasteiger partial charge in [-0.15, -0.1) is 0 Å². The number of carbonyl (C=O) groups excluding carboxylic acids is 3. The average molecular weight is 344 g/mol. The van der Waals surface area contributed by atoms with Crippen molar-refractivity contribution in [1.82, 2.24) is 15.6 Å². The number of rotatable bonds is 3. The number of amides is 4. The van der Waals surface area contributed by atoms with Gasteiger partial charge >= 0.3 is 6.03 Å². The number of aliphatic hydroxyl groups is 1. The van der Waals surface area contributed by atoms with Crippen molar-refractivity contribution >= 4 is 34.4 Å². The second-order valence-electron chi connectivity index (χ2n) is 5.63. The molecule has 0 bridgehead atoms. The second-order valence-corrected chi connectivity index (χ2v) is 5.63. The van der Waals surface area contributed by atoms with Crippen LogP contribution in [0, 0.1) is 17.0 Å². The van der Waals surface area contributed by atoms with Crippen molar-refractivity contribution in [3.05, 3.63) is 45.6 Å². The van der Waals surface area contributed by atoms with Crippen molar-refractivity contribution in [2.24, 2.45) is 0 Å². The molecular formula is C15H12N4O6. The van der Waals surface area contributed by atoms with E-state index in [0.717, 1.165) is 0 Å². The zero-order valence-corrected chi connectivity index (χ0v) is 12.9. The molecule has 0 radical (unpaired) electrons. The van der Waals surface area contributed by atoms with Gasteiger partial charge in [-0.3, -0.25) is 35.3 Å². The van der Waals surface area contributed by atoms with E-state index >= 15 is 0 Å². The van der Waals surface area contributed by atoms with Crippen LogP contribution in [0.1, 0.15) is 11.3 Å². The van der Waals surface area contributed by atoms with E-state index in [2.05, 4.69) is 4.98 Å². The SMILES string of the molecule is Cc1ccc2nc(CC3(O)C(=O)NC(=O)NC3=O)ccc2c1[N+](=O)[O-]. The Balaban J connectivity index is 2.02. The van der Waals surface area contributed by atoms with Gasteiger partial charge in [-0.05, 0) is 25.1 Å². The van der Waals surface area contributed by atoms with Crippen LogP contribution in [0.25, 0.3) is 10.9 Å². The lowest BCUT2D eigenvalue weighted by Crippen LogP contribution is -2.67. The van der Waals surface area contributed by atoms with Gasteiger partial charge in [0, 0.05) is 17.7 Å². The Kier molecular flexibility index (Phi) is 3.68. The maximum atomic E-state index is 11.8. The van der Waals surface area contributed by atoms with Gasteiger partial charge in [-0.2, -0.15) is 0 Å². The number of nitro groups is 1. The molecule has 3 N–H and O–H groups in total. The molecule has 25 heavy (non-hydrogen) atoms. The third kappa shape index (κ3) is 2.68. The number of hydrogen-bond acceptors (Lipinski definition) is 7. The lowest BCUT2D eigenvalue weighted by Gasteiger charge is -2.28. The predicted molar refractivity (Wildman–Crippen MR) is 83.5 cm³/mol. The van der Waals surface area contributed by atoms with Gasteiger partial charge in [0.1, 0.15) is 0 Å². The number of nitrogens with zero attached hydrogens (tertiary/aromatic N) is 2. The molecule has 1 aromatic heterocycles. The van der Waals surface area contributed by atoms with E-state index in [9.17, 15) is 29.6 Å². The molecule has 0 aliphatic carbocycles.